The molecule has 2 N–H and O–H groups in total. The fourth-order valence-corrected chi connectivity index (χ4v) is 3.09. The third kappa shape index (κ3) is 5.62. The molecule has 0 unspecified atom stereocenters. The predicted molar refractivity (Wildman–Crippen MR) is 101 cm³/mol. The van der Waals surface area contributed by atoms with Crippen molar-refractivity contribution in [1.29, 1.82) is 0 Å². The van der Waals surface area contributed by atoms with Gasteiger partial charge in [0, 0.05) is 19.0 Å². The van der Waals surface area contributed by atoms with Crippen molar-refractivity contribution >= 4 is 17.5 Å². The molecule has 7 nitrogen and oxygen atoms in total. The summed E-state index contributed by atoms with van der Waals surface area (Å²) in [5, 5.41) is 5.62. The number of nitrogens with one attached hydrogen (secondary N) is 2. The van der Waals surface area contributed by atoms with Gasteiger partial charge in [-0.2, -0.15) is 0 Å². The first kappa shape index (κ1) is 20.0. The summed E-state index contributed by atoms with van der Waals surface area (Å²) in [6.07, 6.45) is 1.55. The van der Waals surface area contributed by atoms with Crippen molar-refractivity contribution < 1.29 is 19.1 Å². The Morgan fingerprint density at radius 2 is 1.85 bits per heavy atom. The second-order valence-corrected chi connectivity index (χ2v) is 6.24. The zero-order valence-electron chi connectivity index (χ0n) is 15.8. The summed E-state index contributed by atoms with van der Waals surface area (Å²) in [7, 11) is 1.66. The Bertz CT molecular complexity index is 613. The molecule has 2 amide bonds. The van der Waals surface area contributed by atoms with E-state index < -0.39 is 0 Å². The molecule has 2 rings (SSSR count). The van der Waals surface area contributed by atoms with E-state index in [1.807, 2.05) is 19.9 Å². The number of nitrogens with zero attached hydrogens (tertiary/aromatic N) is 1. The van der Waals surface area contributed by atoms with Gasteiger partial charge in [0.2, 0.25) is 11.8 Å². The fourth-order valence-electron chi connectivity index (χ4n) is 3.09. The molecule has 1 aliphatic heterocycles. The average molecular weight is 363 g/mol. The molecule has 0 atom stereocenters. The number of hydrogen-bond acceptors (Lipinski definition) is 5. The number of anilines is 1. The third-order valence-electron chi connectivity index (χ3n) is 4.41. The highest BCUT2D eigenvalue weighted by Crippen LogP contribution is 2.29. The monoisotopic (exact) mass is 363 g/mol. The molecule has 1 saturated heterocycles. The largest absolute Gasteiger partial charge is 0.494 e. The molecule has 0 spiro atoms. The maximum Gasteiger partial charge on any atom is 0.238 e. The molecule has 7 heteroatoms. The zero-order chi connectivity index (χ0) is 18.9. The van der Waals surface area contributed by atoms with Gasteiger partial charge in [-0.05, 0) is 51.9 Å². The highest BCUT2D eigenvalue weighted by atomic mass is 16.5. The van der Waals surface area contributed by atoms with E-state index in [-0.39, 0.29) is 17.7 Å². The van der Waals surface area contributed by atoms with Crippen LogP contribution < -0.4 is 20.1 Å². The van der Waals surface area contributed by atoms with Crippen molar-refractivity contribution in [2.75, 3.05) is 45.2 Å². The van der Waals surface area contributed by atoms with Gasteiger partial charge in [0.1, 0.15) is 11.5 Å². The number of piperidine rings is 1. The van der Waals surface area contributed by atoms with E-state index in [0.717, 1.165) is 25.9 Å². The highest BCUT2D eigenvalue weighted by Gasteiger charge is 2.25. The van der Waals surface area contributed by atoms with Gasteiger partial charge in [0.05, 0.1) is 25.4 Å². The minimum absolute atomic E-state index is 0.0479. The van der Waals surface area contributed by atoms with Crippen molar-refractivity contribution in [2.45, 2.75) is 26.7 Å². The SMILES string of the molecule is CCOc1ccc(OCC)c(NC(=O)CN2CCC(C(=O)NC)CC2)c1. The van der Waals surface area contributed by atoms with Gasteiger partial charge in [-0.1, -0.05) is 0 Å². The van der Waals surface area contributed by atoms with Crippen LogP contribution in [0.5, 0.6) is 11.5 Å². The lowest BCUT2D eigenvalue weighted by atomic mass is 9.96. The lowest BCUT2D eigenvalue weighted by molar-refractivity contribution is -0.126. The van der Waals surface area contributed by atoms with Gasteiger partial charge in [-0.3, -0.25) is 14.5 Å². The number of ether oxygens (including phenoxy) is 2. The summed E-state index contributed by atoms with van der Waals surface area (Å²) >= 11 is 0. The minimum Gasteiger partial charge on any atom is -0.494 e. The Morgan fingerprint density at radius 1 is 1.15 bits per heavy atom. The van der Waals surface area contributed by atoms with Gasteiger partial charge in [0.25, 0.3) is 0 Å². The molecule has 26 heavy (non-hydrogen) atoms. The summed E-state index contributed by atoms with van der Waals surface area (Å²) in [5.74, 6) is 1.35. The normalized spacial score (nSPS) is 15.3. The molecule has 1 heterocycles. The van der Waals surface area contributed by atoms with E-state index >= 15 is 0 Å². The maximum atomic E-state index is 12.4. The standard InChI is InChI=1S/C19H29N3O4/c1-4-25-15-6-7-17(26-5-2)16(12-15)21-18(23)13-22-10-8-14(9-11-22)19(24)20-3/h6-7,12,14H,4-5,8-11,13H2,1-3H3,(H,20,24)(H,21,23). The van der Waals surface area contributed by atoms with E-state index in [1.54, 1.807) is 19.2 Å². The lowest BCUT2D eigenvalue weighted by Crippen LogP contribution is -2.42. The van der Waals surface area contributed by atoms with Crippen molar-refractivity contribution in [3.63, 3.8) is 0 Å². The number of likely N-dealkylation sites (tertiary alicyclic amines) is 1. The van der Waals surface area contributed by atoms with E-state index in [9.17, 15) is 9.59 Å². The number of amides is 2. The number of carbonyl (C=O) groups excluding carboxylic acids is 2. The molecule has 1 aromatic carbocycles. The van der Waals surface area contributed by atoms with E-state index in [0.29, 0.717) is 36.9 Å². The Hall–Kier alpha value is -2.28. The van der Waals surface area contributed by atoms with E-state index in [2.05, 4.69) is 15.5 Å². The lowest BCUT2D eigenvalue weighted by Gasteiger charge is -2.30. The van der Waals surface area contributed by atoms with Crippen LogP contribution in [-0.4, -0.2) is 56.6 Å². The molecule has 1 aliphatic rings. The fraction of sp³-hybridized carbons (Fsp3) is 0.579. The van der Waals surface area contributed by atoms with Crippen molar-refractivity contribution in [3.8, 4) is 11.5 Å². The molecular weight excluding hydrogens is 334 g/mol. The summed E-state index contributed by atoms with van der Waals surface area (Å²) in [5.41, 5.74) is 0.614. The molecule has 0 aliphatic carbocycles. The van der Waals surface area contributed by atoms with Crippen LogP contribution in [0.4, 0.5) is 5.69 Å². The average Bonchev–Trinajstić information content (AvgIpc) is 2.64. The minimum atomic E-state index is -0.0991. The summed E-state index contributed by atoms with van der Waals surface area (Å²) in [6, 6.07) is 5.41. The van der Waals surface area contributed by atoms with Gasteiger partial charge < -0.3 is 20.1 Å². The highest BCUT2D eigenvalue weighted by molar-refractivity contribution is 5.94. The molecular formula is C19H29N3O4. The van der Waals surface area contributed by atoms with Crippen LogP contribution in [0, 0.1) is 5.92 Å². The topological polar surface area (TPSA) is 79.9 Å². The Labute approximate surface area is 155 Å². The van der Waals surface area contributed by atoms with Crippen LogP contribution in [0.2, 0.25) is 0 Å². The van der Waals surface area contributed by atoms with Gasteiger partial charge in [-0.15, -0.1) is 0 Å². The molecule has 1 fully saturated rings. The molecule has 0 saturated carbocycles. The van der Waals surface area contributed by atoms with Crippen molar-refractivity contribution in [2.24, 2.45) is 5.92 Å². The molecule has 0 radical (unpaired) electrons. The van der Waals surface area contributed by atoms with Crippen molar-refractivity contribution in [1.82, 2.24) is 10.2 Å². The van der Waals surface area contributed by atoms with Crippen LogP contribution in [-0.2, 0) is 9.59 Å². The summed E-state index contributed by atoms with van der Waals surface area (Å²) in [6.45, 7) is 6.66. The number of benzene rings is 1. The van der Waals surface area contributed by atoms with Crippen LogP contribution in [0.1, 0.15) is 26.7 Å². The third-order valence-corrected chi connectivity index (χ3v) is 4.41. The van der Waals surface area contributed by atoms with Crippen molar-refractivity contribution in [3.05, 3.63) is 18.2 Å². The first-order valence-corrected chi connectivity index (χ1v) is 9.20. The Morgan fingerprint density at radius 3 is 2.46 bits per heavy atom. The molecule has 0 bridgehead atoms. The smallest absolute Gasteiger partial charge is 0.238 e. The van der Waals surface area contributed by atoms with E-state index in [4.69, 9.17) is 9.47 Å². The predicted octanol–water partition coefficient (Wildman–Crippen LogP) is 1.88. The van der Waals surface area contributed by atoms with Crippen LogP contribution in [0.15, 0.2) is 18.2 Å². The van der Waals surface area contributed by atoms with E-state index in [1.165, 1.54) is 0 Å². The second kappa shape index (κ2) is 10.0. The number of hydrogen-bond donors (Lipinski definition) is 2. The summed E-state index contributed by atoms with van der Waals surface area (Å²) in [4.78, 5) is 26.2. The zero-order valence-corrected chi connectivity index (χ0v) is 15.8. The number of carbonyl (C=O) groups is 2. The molecule has 144 valence electrons. The molecule has 0 aromatic heterocycles. The number of rotatable bonds is 8. The van der Waals surface area contributed by atoms with Crippen LogP contribution >= 0.6 is 0 Å². The first-order chi connectivity index (χ1) is 12.6. The second-order valence-electron chi connectivity index (χ2n) is 6.24. The summed E-state index contributed by atoms with van der Waals surface area (Å²) < 4.78 is 11.1. The maximum absolute atomic E-state index is 12.4. The van der Waals surface area contributed by atoms with Gasteiger partial charge in [0.15, 0.2) is 0 Å². The Kier molecular flexibility index (Phi) is 7.72. The Balaban J connectivity index is 1.93. The van der Waals surface area contributed by atoms with Crippen LogP contribution in [0.25, 0.3) is 0 Å². The quantitative estimate of drug-likeness (QED) is 0.737. The van der Waals surface area contributed by atoms with Gasteiger partial charge in [-0.25, -0.2) is 0 Å². The van der Waals surface area contributed by atoms with Gasteiger partial charge >= 0.3 is 0 Å². The first-order valence-electron chi connectivity index (χ1n) is 9.20. The van der Waals surface area contributed by atoms with Crippen LogP contribution in [0.3, 0.4) is 0 Å². The molecule has 1 aromatic rings.